The lowest BCUT2D eigenvalue weighted by molar-refractivity contribution is 0.0821. The van der Waals surface area contributed by atoms with E-state index in [4.69, 9.17) is 11.6 Å². The molecule has 0 atom stereocenters. The first-order valence-electron chi connectivity index (χ1n) is 7.66. The lowest BCUT2D eigenvalue weighted by atomic mass is 10.3. The molecular weight excluding hydrogens is 288 g/mol. The van der Waals surface area contributed by atoms with Crippen LogP contribution >= 0.6 is 11.6 Å². The van der Waals surface area contributed by atoms with E-state index in [0.717, 1.165) is 31.7 Å². The van der Waals surface area contributed by atoms with Gasteiger partial charge in [-0.3, -0.25) is 9.48 Å². The highest BCUT2D eigenvalue weighted by Gasteiger charge is 2.24. The molecule has 1 aromatic rings. The zero-order valence-electron chi connectivity index (χ0n) is 14.4. The van der Waals surface area contributed by atoms with Crippen molar-refractivity contribution in [3.8, 4) is 0 Å². The lowest BCUT2D eigenvalue weighted by Crippen LogP contribution is -2.23. The highest BCUT2D eigenvalue weighted by atomic mass is 35.5. The monoisotopic (exact) mass is 316 g/mol. The molecule has 5 nitrogen and oxygen atoms in total. The summed E-state index contributed by atoms with van der Waals surface area (Å²) >= 11 is 6.26. The van der Waals surface area contributed by atoms with Gasteiger partial charge in [-0.15, -0.1) is 0 Å². The van der Waals surface area contributed by atoms with Crippen LogP contribution in [0.5, 0.6) is 0 Å². The second kappa shape index (κ2) is 9.79. The molecule has 0 bridgehead atoms. The smallest absolute Gasteiger partial charge is 0.275 e. The van der Waals surface area contributed by atoms with E-state index in [-0.39, 0.29) is 5.91 Å². The molecule has 0 aromatic carbocycles. The van der Waals surface area contributed by atoms with Crippen molar-refractivity contribution in [2.24, 2.45) is 0 Å². The Labute approximate surface area is 133 Å². The topological polar surface area (TPSA) is 41.4 Å². The second-order valence-electron chi connectivity index (χ2n) is 4.62. The van der Waals surface area contributed by atoms with E-state index in [1.165, 1.54) is 4.90 Å². The Kier molecular flexibility index (Phi) is 9.29. The van der Waals surface area contributed by atoms with E-state index in [0.29, 0.717) is 10.7 Å². The fraction of sp³-hybridized carbons (Fsp3) is 0.733. The number of halogens is 1. The maximum atomic E-state index is 11.9. The Morgan fingerprint density at radius 3 is 2.29 bits per heavy atom. The summed E-state index contributed by atoms with van der Waals surface area (Å²) in [5.41, 5.74) is 1.30. The summed E-state index contributed by atoms with van der Waals surface area (Å²) in [7, 11) is 5.46. The summed E-state index contributed by atoms with van der Waals surface area (Å²) < 4.78 is 1.86. The fourth-order valence-corrected chi connectivity index (χ4v) is 2.26. The zero-order valence-corrected chi connectivity index (χ0v) is 15.2. The highest BCUT2D eigenvalue weighted by Crippen LogP contribution is 2.25. The fourth-order valence-electron chi connectivity index (χ4n) is 1.98. The van der Waals surface area contributed by atoms with Gasteiger partial charge in [-0.25, -0.2) is 0 Å². The second-order valence-corrected chi connectivity index (χ2v) is 5.00. The Bertz CT molecular complexity index is 443. The third kappa shape index (κ3) is 5.00. The van der Waals surface area contributed by atoms with E-state index in [1.54, 1.807) is 14.1 Å². The molecule has 122 valence electrons. The third-order valence-electron chi connectivity index (χ3n) is 2.93. The van der Waals surface area contributed by atoms with Crippen LogP contribution in [0.3, 0.4) is 0 Å². The number of fused-ring (bicyclic) bond motifs is 1. The normalized spacial score (nSPS) is 13.9. The van der Waals surface area contributed by atoms with Gasteiger partial charge in [-0.1, -0.05) is 39.3 Å². The molecule has 1 aromatic heterocycles. The molecule has 1 aliphatic rings. The maximum Gasteiger partial charge on any atom is 0.275 e. The molecule has 1 aliphatic heterocycles. The molecule has 0 N–H and O–H groups in total. The molecule has 0 saturated heterocycles. The van der Waals surface area contributed by atoms with E-state index in [9.17, 15) is 4.79 Å². The van der Waals surface area contributed by atoms with Gasteiger partial charge in [0.2, 0.25) is 0 Å². The van der Waals surface area contributed by atoms with Gasteiger partial charge < -0.3 is 9.80 Å². The van der Waals surface area contributed by atoms with Crippen molar-refractivity contribution < 1.29 is 4.79 Å². The molecule has 2 heterocycles. The first-order valence-corrected chi connectivity index (χ1v) is 8.04. The standard InChI is InChI=1S/C11H17ClN4O.2C2H6/c1-14(2)11(17)10-9(12)8-7-15(3)5-4-6-16(8)13-10;2*1-2/h4-7H2,1-3H3;2*1-2H3. The molecule has 0 fully saturated rings. The Hall–Kier alpha value is -1.07. The molecular formula is C15H29ClN4O. The van der Waals surface area contributed by atoms with Crippen LogP contribution < -0.4 is 0 Å². The van der Waals surface area contributed by atoms with Gasteiger partial charge in [0.25, 0.3) is 5.91 Å². The largest absolute Gasteiger partial charge is 0.343 e. The number of carbonyl (C=O) groups is 1. The first-order chi connectivity index (χ1) is 10.0. The maximum absolute atomic E-state index is 11.9. The molecule has 0 radical (unpaired) electrons. The van der Waals surface area contributed by atoms with Crippen molar-refractivity contribution in [3.05, 3.63) is 16.4 Å². The molecule has 6 heteroatoms. The summed E-state index contributed by atoms with van der Waals surface area (Å²) in [6, 6.07) is 0. The van der Waals surface area contributed by atoms with Crippen molar-refractivity contribution in [3.63, 3.8) is 0 Å². The average Bonchev–Trinajstić information content (AvgIpc) is 2.68. The van der Waals surface area contributed by atoms with Crippen LogP contribution in [0.15, 0.2) is 0 Å². The van der Waals surface area contributed by atoms with E-state index < -0.39 is 0 Å². The third-order valence-corrected chi connectivity index (χ3v) is 3.33. The minimum absolute atomic E-state index is 0.141. The molecule has 1 amide bonds. The minimum atomic E-state index is -0.141. The van der Waals surface area contributed by atoms with E-state index in [2.05, 4.69) is 10.00 Å². The lowest BCUT2D eigenvalue weighted by Gasteiger charge is -2.12. The summed E-state index contributed by atoms with van der Waals surface area (Å²) in [6.07, 6.45) is 1.02. The summed E-state index contributed by atoms with van der Waals surface area (Å²) in [6.45, 7) is 10.6. The number of aryl methyl sites for hydroxylation is 1. The number of carbonyl (C=O) groups excluding carboxylic acids is 1. The summed E-state index contributed by atoms with van der Waals surface area (Å²) in [5.74, 6) is -0.141. The van der Waals surface area contributed by atoms with Gasteiger partial charge >= 0.3 is 0 Å². The van der Waals surface area contributed by atoms with Crippen molar-refractivity contribution in [2.75, 3.05) is 27.7 Å². The van der Waals surface area contributed by atoms with Gasteiger partial charge in [0.05, 0.1) is 10.7 Å². The number of amides is 1. The quantitative estimate of drug-likeness (QED) is 0.799. The molecule has 21 heavy (non-hydrogen) atoms. The van der Waals surface area contributed by atoms with Gasteiger partial charge in [0, 0.05) is 33.7 Å². The predicted octanol–water partition coefficient (Wildman–Crippen LogP) is 3.13. The van der Waals surface area contributed by atoms with Crippen LogP contribution in [0, 0.1) is 0 Å². The van der Waals surface area contributed by atoms with E-state index >= 15 is 0 Å². The van der Waals surface area contributed by atoms with Crippen molar-refractivity contribution in [1.29, 1.82) is 0 Å². The molecule has 2 rings (SSSR count). The van der Waals surface area contributed by atoms with Crippen LogP contribution in [0.1, 0.15) is 50.3 Å². The number of hydrogen-bond acceptors (Lipinski definition) is 3. The number of nitrogens with zero attached hydrogens (tertiary/aromatic N) is 4. The van der Waals surface area contributed by atoms with Crippen LogP contribution in [-0.4, -0.2) is 53.2 Å². The number of hydrogen-bond donors (Lipinski definition) is 0. The highest BCUT2D eigenvalue weighted by molar-refractivity contribution is 6.34. The summed E-state index contributed by atoms with van der Waals surface area (Å²) in [4.78, 5) is 15.6. The van der Waals surface area contributed by atoms with Crippen LogP contribution in [-0.2, 0) is 13.1 Å². The van der Waals surface area contributed by atoms with Crippen molar-refractivity contribution in [2.45, 2.75) is 47.2 Å². The molecule has 0 aliphatic carbocycles. The average molecular weight is 317 g/mol. The van der Waals surface area contributed by atoms with Gasteiger partial charge in [0.1, 0.15) is 0 Å². The Morgan fingerprint density at radius 1 is 1.19 bits per heavy atom. The van der Waals surface area contributed by atoms with Crippen LogP contribution in [0.25, 0.3) is 0 Å². The summed E-state index contributed by atoms with van der Waals surface area (Å²) in [5, 5.41) is 4.83. The SMILES string of the molecule is CC.CC.CN1CCCn2nc(C(=O)N(C)C)c(Cl)c2C1. The predicted molar refractivity (Wildman–Crippen MR) is 88.9 cm³/mol. The zero-order chi connectivity index (χ0) is 16.6. The van der Waals surface area contributed by atoms with Crippen molar-refractivity contribution in [1.82, 2.24) is 19.6 Å². The molecule has 0 saturated carbocycles. The van der Waals surface area contributed by atoms with E-state index in [1.807, 2.05) is 39.4 Å². The minimum Gasteiger partial charge on any atom is -0.343 e. The van der Waals surface area contributed by atoms with Crippen LogP contribution in [0.2, 0.25) is 5.02 Å². The number of aromatic nitrogens is 2. The Morgan fingerprint density at radius 2 is 1.76 bits per heavy atom. The van der Waals surface area contributed by atoms with Gasteiger partial charge in [0.15, 0.2) is 5.69 Å². The number of rotatable bonds is 1. The van der Waals surface area contributed by atoms with Gasteiger partial charge in [-0.05, 0) is 13.5 Å². The Balaban J connectivity index is 0.000000921. The van der Waals surface area contributed by atoms with Crippen LogP contribution in [0.4, 0.5) is 0 Å². The molecule has 0 spiro atoms. The molecule has 0 unspecified atom stereocenters. The first kappa shape index (κ1) is 19.9. The van der Waals surface area contributed by atoms with Gasteiger partial charge in [-0.2, -0.15) is 5.10 Å². The van der Waals surface area contributed by atoms with Crippen molar-refractivity contribution >= 4 is 17.5 Å².